The average Bonchev–Trinajstić information content (AvgIpc) is 3.56. The molecule has 0 atom stereocenters. The number of halogens is 2. The van der Waals surface area contributed by atoms with E-state index in [1.807, 2.05) is 42.6 Å². The molecular weight excluding hydrogens is 483 g/mol. The molecule has 0 fully saturated rings. The molecule has 0 aliphatic heterocycles. The second-order valence-corrected chi connectivity index (χ2v) is 8.31. The van der Waals surface area contributed by atoms with E-state index in [1.54, 1.807) is 36.1 Å². The van der Waals surface area contributed by atoms with Gasteiger partial charge in [-0.3, -0.25) is 4.79 Å². The molecule has 3 aromatic carbocycles. The van der Waals surface area contributed by atoms with Crippen molar-refractivity contribution in [2.45, 2.75) is 6.54 Å². The minimum atomic E-state index is -0.418. The maximum absolute atomic E-state index is 13.2. The first-order valence-electron chi connectivity index (χ1n) is 11.0. The number of ether oxygens (including phenoxy) is 1. The summed E-state index contributed by atoms with van der Waals surface area (Å²) in [4.78, 5) is 12.8. The van der Waals surface area contributed by atoms with E-state index in [9.17, 15) is 9.18 Å². The zero-order valence-electron chi connectivity index (χ0n) is 19.1. The third kappa shape index (κ3) is 4.85. The van der Waals surface area contributed by atoms with Gasteiger partial charge in [-0.1, -0.05) is 35.0 Å². The molecule has 0 radical (unpaired) electrons. The van der Waals surface area contributed by atoms with E-state index in [0.717, 1.165) is 16.8 Å². The Balaban J connectivity index is 1.40. The van der Waals surface area contributed by atoms with E-state index >= 15 is 0 Å². The van der Waals surface area contributed by atoms with E-state index in [1.165, 1.54) is 18.2 Å². The summed E-state index contributed by atoms with van der Waals surface area (Å²) in [6.45, 7) is 0.184. The summed E-state index contributed by atoms with van der Waals surface area (Å²) in [6, 6.07) is 22.3. The molecule has 0 saturated heterocycles. The lowest BCUT2D eigenvalue weighted by Crippen LogP contribution is -2.23. The van der Waals surface area contributed by atoms with E-state index < -0.39 is 5.91 Å². The minimum absolute atomic E-state index is 0.110. The van der Waals surface area contributed by atoms with Crippen molar-refractivity contribution in [3.05, 3.63) is 107 Å². The highest BCUT2D eigenvalue weighted by atomic mass is 35.5. The molecule has 5 rings (SSSR count). The van der Waals surface area contributed by atoms with Crippen LogP contribution in [0, 0.1) is 5.82 Å². The number of carbonyl (C=O) groups is 1. The van der Waals surface area contributed by atoms with Gasteiger partial charge in [0.2, 0.25) is 0 Å². The third-order valence-electron chi connectivity index (χ3n) is 5.55. The molecule has 1 N–H and O–H groups in total. The predicted molar refractivity (Wildman–Crippen MR) is 134 cm³/mol. The first kappa shape index (κ1) is 23.3. The van der Waals surface area contributed by atoms with Gasteiger partial charge < -0.3 is 14.6 Å². The molecule has 0 saturated carbocycles. The lowest BCUT2D eigenvalue weighted by molar-refractivity contribution is 0.0942. The number of carbonyl (C=O) groups excluding carboxylic acids is 1. The Morgan fingerprint density at radius 3 is 2.53 bits per heavy atom. The topological polar surface area (TPSA) is 82.2 Å². The van der Waals surface area contributed by atoms with Gasteiger partial charge in [-0.25, -0.2) is 9.07 Å². The molecule has 2 heterocycles. The first-order chi connectivity index (χ1) is 17.5. The van der Waals surface area contributed by atoms with Crippen molar-refractivity contribution >= 4 is 17.5 Å². The molecule has 0 bridgehead atoms. The number of methoxy groups -OCH3 is 1. The quantitative estimate of drug-likeness (QED) is 0.298. The van der Waals surface area contributed by atoms with Crippen molar-refractivity contribution in [2.24, 2.45) is 0 Å². The lowest BCUT2D eigenvalue weighted by atomic mass is 10.1. The Labute approximate surface area is 211 Å². The zero-order valence-corrected chi connectivity index (χ0v) is 19.9. The van der Waals surface area contributed by atoms with Gasteiger partial charge in [-0.15, -0.1) is 0 Å². The summed E-state index contributed by atoms with van der Waals surface area (Å²) in [6.07, 6.45) is 1.86. The number of para-hydroxylation sites is 1. The molecule has 0 aliphatic carbocycles. The molecule has 7 nitrogen and oxygen atoms in total. The summed E-state index contributed by atoms with van der Waals surface area (Å²) in [7, 11) is 1.55. The highest BCUT2D eigenvalue weighted by molar-refractivity contribution is 6.32. The number of nitrogens with one attached hydrogen (secondary N) is 1. The monoisotopic (exact) mass is 502 g/mol. The van der Waals surface area contributed by atoms with Crippen LogP contribution in [0.2, 0.25) is 5.02 Å². The van der Waals surface area contributed by atoms with Crippen LogP contribution >= 0.6 is 11.6 Å². The van der Waals surface area contributed by atoms with Crippen molar-refractivity contribution in [3.8, 4) is 34.0 Å². The standard InChI is InChI=1S/C27H20ClFN4O3/c1-35-24-12-9-18(13-22(24)28)26-19(16-33(31-26)21-5-3-2-4-6-21)15-30-27(34)23-14-25(36-32-23)17-7-10-20(29)11-8-17/h2-14,16H,15H2,1H3,(H,30,34). The highest BCUT2D eigenvalue weighted by Crippen LogP contribution is 2.31. The van der Waals surface area contributed by atoms with Gasteiger partial charge >= 0.3 is 0 Å². The Bertz CT molecular complexity index is 1510. The van der Waals surface area contributed by atoms with Gasteiger partial charge in [0.15, 0.2) is 11.5 Å². The minimum Gasteiger partial charge on any atom is -0.495 e. The van der Waals surface area contributed by atoms with Crippen LogP contribution in [0.5, 0.6) is 5.75 Å². The zero-order chi connectivity index (χ0) is 25.1. The van der Waals surface area contributed by atoms with Gasteiger partial charge in [0.25, 0.3) is 5.91 Å². The van der Waals surface area contributed by atoms with E-state index in [4.69, 9.17) is 26.0 Å². The second-order valence-electron chi connectivity index (χ2n) is 7.90. The van der Waals surface area contributed by atoms with Gasteiger partial charge in [0.1, 0.15) is 11.6 Å². The van der Waals surface area contributed by atoms with E-state index in [2.05, 4.69) is 10.5 Å². The molecule has 9 heteroatoms. The number of hydrogen-bond donors (Lipinski definition) is 1. The average molecular weight is 503 g/mol. The number of aromatic nitrogens is 3. The van der Waals surface area contributed by atoms with Crippen LogP contribution in [-0.2, 0) is 6.54 Å². The number of hydrogen-bond acceptors (Lipinski definition) is 5. The van der Waals surface area contributed by atoms with Gasteiger partial charge in [0.05, 0.1) is 23.5 Å². The maximum atomic E-state index is 13.2. The Hall–Kier alpha value is -4.43. The van der Waals surface area contributed by atoms with Crippen LogP contribution in [-0.4, -0.2) is 28.0 Å². The molecule has 5 aromatic rings. The number of amides is 1. The van der Waals surface area contributed by atoms with Gasteiger partial charge in [-0.05, 0) is 54.6 Å². The van der Waals surface area contributed by atoms with Gasteiger partial charge in [0, 0.05) is 35.5 Å². The number of rotatable bonds is 7. The molecule has 2 aromatic heterocycles. The number of nitrogens with zero attached hydrogens (tertiary/aromatic N) is 3. The van der Waals surface area contributed by atoms with Crippen LogP contribution < -0.4 is 10.1 Å². The SMILES string of the molecule is COc1ccc(-c2nn(-c3ccccc3)cc2CNC(=O)c2cc(-c3ccc(F)cc3)on2)cc1Cl. The summed E-state index contributed by atoms with van der Waals surface area (Å²) in [5, 5.41) is 11.9. The fourth-order valence-electron chi connectivity index (χ4n) is 3.71. The molecule has 0 aliphatic rings. The van der Waals surface area contributed by atoms with Crippen LogP contribution in [0.3, 0.4) is 0 Å². The molecule has 1 amide bonds. The van der Waals surface area contributed by atoms with Gasteiger partial charge in [-0.2, -0.15) is 5.10 Å². The van der Waals surface area contributed by atoms with Crippen molar-refractivity contribution in [1.29, 1.82) is 0 Å². The van der Waals surface area contributed by atoms with Crippen molar-refractivity contribution < 1.29 is 18.4 Å². The van der Waals surface area contributed by atoms with E-state index in [-0.39, 0.29) is 18.1 Å². The van der Waals surface area contributed by atoms with Crippen LogP contribution in [0.25, 0.3) is 28.3 Å². The van der Waals surface area contributed by atoms with Crippen molar-refractivity contribution in [3.63, 3.8) is 0 Å². The molecule has 180 valence electrons. The fraction of sp³-hybridized carbons (Fsp3) is 0.0741. The maximum Gasteiger partial charge on any atom is 0.273 e. The Morgan fingerprint density at radius 2 is 1.81 bits per heavy atom. The predicted octanol–water partition coefficient (Wildman–Crippen LogP) is 5.93. The molecule has 36 heavy (non-hydrogen) atoms. The second kappa shape index (κ2) is 10.1. The highest BCUT2D eigenvalue weighted by Gasteiger charge is 2.18. The third-order valence-corrected chi connectivity index (χ3v) is 5.84. The Kier molecular flexibility index (Phi) is 6.51. The lowest BCUT2D eigenvalue weighted by Gasteiger charge is -2.07. The summed E-state index contributed by atoms with van der Waals surface area (Å²) in [5.41, 5.74) is 3.81. The van der Waals surface area contributed by atoms with Crippen molar-refractivity contribution in [2.75, 3.05) is 7.11 Å². The van der Waals surface area contributed by atoms with Crippen LogP contribution in [0.4, 0.5) is 4.39 Å². The largest absolute Gasteiger partial charge is 0.495 e. The van der Waals surface area contributed by atoms with Crippen LogP contribution in [0.15, 0.2) is 89.6 Å². The molecule has 0 unspecified atom stereocenters. The van der Waals surface area contributed by atoms with Crippen LogP contribution in [0.1, 0.15) is 16.1 Å². The summed E-state index contributed by atoms with van der Waals surface area (Å²) in [5.74, 6) is 0.144. The Morgan fingerprint density at radius 1 is 1.06 bits per heavy atom. The van der Waals surface area contributed by atoms with Crippen molar-refractivity contribution in [1.82, 2.24) is 20.3 Å². The normalized spacial score (nSPS) is 10.9. The number of benzene rings is 3. The first-order valence-corrected chi connectivity index (χ1v) is 11.4. The summed E-state index contributed by atoms with van der Waals surface area (Å²) < 4.78 is 25.5. The molecule has 0 spiro atoms. The fourth-order valence-corrected chi connectivity index (χ4v) is 3.96. The molecular formula is C27H20ClFN4O3. The summed E-state index contributed by atoms with van der Waals surface area (Å²) >= 11 is 6.36. The van der Waals surface area contributed by atoms with E-state index in [0.29, 0.717) is 27.8 Å². The smallest absolute Gasteiger partial charge is 0.273 e.